The molecule has 0 aliphatic heterocycles. The molecule has 3 heteroatoms. The standard InChI is InChI=1S/C6H11NO2/c1-3-4-5(7)6(8)9-2/h4H,3,7H2,1-2H3/b5-4-. The van der Waals surface area contributed by atoms with E-state index in [-0.39, 0.29) is 5.70 Å². The fraction of sp³-hybridized carbons (Fsp3) is 0.500. The quantitative estimate of drug-likeness (QED) is 0.434. The van der Waals surface area contributed by atoms with Gasteiger partial charge >= 0.3 is 5.97 Å². The number of hydrogen-bond donors (Lipinski definition) is 1. The van der Waals surface area contributed by atoms with Crippen LogP contribution in [0.4, 0.5) is 0 Å². The molecule has 3 nitrogen and oxygen atoms in total. The molecular formula is C6H11NO2. The fourth-order valence-electron chi connectivity index (χ4n) is 0.421. The van der Waals surface area contributed by atoms with Crippen molar-refractivity contribution in [3.63, 3.8) is 0 Å². The van der Waals surface area contributed by atoms with Crippen molar-refractivity contribution >= 4 is 5.97 Å². The second-order valence-corrected chi connectivity index (χ2v) is 1.56. The Labute approximate surface area is 54.5 Å². The van der Waals surface area contributed by atoms with Crippen LogP contribution in [0, 0.1) is 0 Å². The Bertz CT molecular complexity index is 129. The summed E-state index contributed by atoms with van der Waals surface area (Å²) in [5, 5.41) is 0. The number of allylic oxidation sites excluding steroid dienone is 1. The summed E-state index contributed by atoms with van der Waals surface area (Å²) in [6.07, 6.45) is 2.37. The molecule has 0 saturated heterocycles. The minimum Gasteiger partial charge on any atom is -0.464 e. The maximum atomic E-state index is 10.5. The molecule has 0 fully saturated rings. The lowest BCUT2D eigenvalue weighted by molar-refractivity contribution is -0.136. The lowest BCUT2D eigenvalue weighted by atomic mass is 10.3. The van der Waals surface area contributed by atoms with Crippen LogP contribution >= 0.6 is 0 Å². The van der Waals surface area contributed by atoms with Crippen LogP contribution in [0.5, 0.6) is 0 Å². The SMILES string of the molecule is CC/C=C(\N)C(=O)OC. The number of ether oxygens (including phenoxy) is 1. The molecule has 0 bridgehead atoms. The van der Waals surface area contributed by atoms with E-state index in [1.165, 1.54) is 7.11 Å². The van der Waals surface area contributed by atoms with E-state index in [9.17, 15) is 4.79 Å². The molecule has 0 spiro atoms. The Morgan fingerprint density at radius 1 is 1.78 bits per heavy atom. The normalized spacial score (nSPS) is 11.1. The van der Waals surface area contributed by atoms with Crippen LogP contribution in [0.1, 0.15) is 13.3 Å². The van der Waals surface area contributed by atoms with E-state index in [0.29, 0.717) is 0 Å². The number of carbonyl (C=O) groups is 1. The van der Waals surface area contributed by atoms with E-state index < -0.39 is 5.97 Å². The predicted octanol–water partition coefficient (Wildman–Crippen LogP) is 0.412. The topological polar surface area (TPSA) is 52.3 Å². The van der Waals surface area contributed by atoms with Crippen LogP contribution < -0.4 is 5.73 Å². The van der Waals surface area contributed by atoms with E-state index in [4.69, 9.17) is 5.73 Å². The van der Waals surface area contributed by atoms with E-state index in [1.54, 1.807) is 6.08 Å². The van der Waals surface area contributed by atoms with Gasteiger partial charge in [0, 0.05) is 0 Å². The second-order valence-electron chi connectivity index (χ2n) is 1.56. The van der Waals surface area contributed by atoms with E-state index in [0.717, 1.165) is 6.42 Å². The third kappa shape index (κ3) is 2.74. The number of nitrogens with two attached hydrogens (primary N) is 1. The summed E-state index contributed by atoms with van der Waals surface area (Å²) in [6.45, 7) is 1.90. The van der Waals surface area contributed by atoms with E-state index in [2.05, 4.69) is 4.74 Å². The average molecular weight is 129 g/mol. The molecule has 0 aliphatic rings. The van der Waals surface area contributed by atoms with Gasteiger partial charge < -0.3 is 10.5 Å². The zero-order valence-corrected chi connectivity index (χ0v) is 5.68. The van der Waals surface area contributed by atoms with Gasteiger partial charge in [-0.2, -0.15) is 0 Å². The first-order chi connectivity index (χ1) is 4.22. The maximum Gasteiger partial charge on any atom is 0.353 e. The van der Waals surface area contributed by atoms with Crippen molar-refractivity contribution in [1.29, 1.82) is 0 Å². The van der Waals surface area contributed by atoms with E-state index in [1.807, 2.05) is 6.92 Å². The molecule has 9 heavy (non-hydrogen) atoms. The van der Waals surface area contributed by atoms with Gasteiger partial charge in [0.1, 0.15) is 5.70 Å². The van der Waals surface area contributed by atoms with Crippen molar-refractivity contribution < 1.29 is 9.53 Å². The molecule has 0 aromatic heterocycles. The lowest BCUT2D eigenvalue weighted by Crippen LogP contribution is -2.12. The molecule has 0 aromatic carbocycles. The first-order valence-corrected chi connectivity index (χ1v) is 2.76. The minimum atomic E-state index is -0.461. The molecule has 0 rings (SSSR count). The third-order valence-electron chi connectivity index (χ3n) is 0.845. The summed E-state index contributed by atoms with van der Waals surface area (Å²) >= 11 is 0. The zero-order valence-electron chi connectivity index (χ0n) is 5.68. The summed E-state index contributed by atoms with van der Waals surface area (Å²) in [4.78, 5) is 10.5. The Morgan fingerprint density at radius 2 is 2.33 bits per heavy atom. The number of methoxy groups -OCH3 is 1. The Kier molecular flexibility index (Phi) is 3.51. The van der Waals surface area contributed by atoms with Crippen LogP contribution in [0.3, 0.4) is 0 Å². The Balaban J connectivity index is 3.86. The van der Waals surface area contributed by atoms with Crippen LogP contribution in [-0.2, 0) is 9.53 Å². The predicted molar refractivity (Wildman–Crippen MR) is 34.6 cm³/mol. The molecule has 0 heterocycles. The highest BCUT2D eigenvalue weighted by atomic mass is 16.5. The monoisotopic (exact) mass is 129 g/mol. The molecular weight excluding hydrogens is 118 g/mol. The molecule has 0 saturated carbocycles. The average Bonchev–Trinajstić information content (AvgIpc) is 1.87. The van der Waals surface area contributed by atoms with Crippen molar-refractivity contribution in [2.75, 3.05) is 7.11 Å². The van der Waals surface area contributed by atoms with Gasteiger partial charge in [-0.1, -0.05) is 13.0 Å². The van der Waals surface area contributed by atoms with Gasteiger partial charge in [0.2, 0.25) is 0 Å². The smallest absolute Gasteiger partial charge is 0.353 e. The highest BCUT2D eigenvalue weighted by Crippen LogP contribution is 1.89. The van der Waals surface area contributed by atoms with Gasteiger partial charge in [0.05, 0.1) is 7.11 Å². The molecule has 0 atom stereocenters. The molecule has 0 radical (unpaired) electrons. The van der Waals surface area contributed by atoms with Crippen LogP contribution in [0.15, 0.2) is 11.8 Å². The molecule has 0 aliphatic carbocycles. The minimum absolute atomic E-state index is 0.181. The molecule has 0 amide bonds. The van der Waals surface area contributed by atoms with Gasteiger partial charge in [0.25, 0.3) is 0 Å². The van der Waals surface area contributed by atoms with Gasteiger partial charge in [-0.25, -0.2) is 4.79 Å². The largest absolute Gasteiger partial charge is 0.464 e. The fourth-order valence-corrected chi connectivity index (χ4v) is 0.421. The van der Waals surface area contributed by atoms with Gasteiger partial charge in [-0.3, -0.25) is 0 Å². The zero-order chi connectivity index (χ0) is 7.28. The molecule has 2 N–H and O–H groups in total. The van der Waals surface area contributed by atoms with Crippen molar-refractivity contribution in [1.82, 2.24) is 0 Å². The van der Waals surface area contributed by atoms with Crippen LogP contribution in [0.25, 0.3) is 0 Å². The van der Waals surface area contributed by atoms with Gasteiger partial charge in [-0.15, -0.1) is 0 Å². The van der Waals surface area contributed by atoms with Crippen molar-refractivity contribution in [2.45, 2.75) is 13.3 Å². The molecule has 52 valence electrons. The summed E-state index contributed by atoms with van der Waals surface area (Å²) in [5.74, 6) is -0.461. The summed E-state index contributed by atoms with van der Waals surface area (Å²) in [5.41, 5.74) is 5.41. The number of esters is 1. The highest BCUT2D eigenvalue weighted by molar-refractivity contribution is 5.87. The Morgan fingerprint density at radius 3 is 2.67 bits per heavy atom. The third-order valence-corrected chi connectivity index (χ3v) is 0.845. The molecule has 0 unspecified atom stereocenters. The first-order valence-electron chi connectivity index (χ1n) is 2.76. The molecule has 0 aromatic rings. The summed E-state index contributed by atoms with van der Waals surface area (Å²) in [7, 11) is 1.30. The van der Waals surface area contributed by atoms with Gasteiger partial charge in [-0.05, 0) is 6.42 Å². The van der Waals surface area contributed by atoms with Crippen LogP contribution in [0.2, 0.25) is 0 Å². The number of rotatable bonds is 2. The highest BCUT2D eigenvalue weighted by Gasteiger charge is 2.00. The van der Waals surface area contributed by atoms with Crippen LogP contribution in [-0.4, -0.2) is 13.1 Å². The number of carbonyl (C=O) groups excluding carboxylic acids is 1. The van der Waals surface area contributed by atoms with E-state index >= 15 is 0 Å². The Hall–Kier alpha value is -0.990. The van der Waals surface area contributed by atoms with Gasteiger partial charge in [0.15, 0.2) is 0 Å². The van der Waals surface area contributed by atoms with Crippen molar-refractivity contribution in [2.24, 2.45) is 5.73 Å². The lowest BCUT2D eigenvalue weighted by Gasteiger charge is -1.95. The number of hydrogen-bond acceptors (Lipinski definition) is 3. The maximum absolute atomic E-state index is 10.5. The van der Waals surface area contributed by atoms with Crippen molar-refractivity contribution in [3.8, 4) is 0 Å². The first kappa shape index (κ1) is 8.01. The summed E-state index contributed by atoms with van der Waals surface area (Å²) in [6, 6.07) is 0. The summed E-state index contributed by atoms with van der Waals surface area (Å²) < 4.78 is 4.33. The second kappa shape index (κ2) is 3.95. The van der Waals surface area contributed by atoms with Crippen molar-refractivity contribution in [3.05, 3.63) is 11.8 Å².